The van der Waals surface area contributed by atoms with Gasteiger partial charge in [0.1, 0.15) is 0 Å². The third-order valence-corrected chi connectivity index (χ3v) is 0. The Labute approximate surface area is 55.1 Å². The molecule has 0 aliphatic heterocycles. The molecule has 0 heterocycles. The quantitative estimate of drug-likeness (QED) is 0.339. The predicted octanol–water partition coefficient (Wildman–Crippen LogP) is -0.0968. The molecule has 0 unspecified atom stereocenters. The molecule has 0 atom stereocenters. The Bertz CT molecular complexity index is 30.7. The first-order valence-electron chi connectivity index (χ1n) is 0.765. The molecule has 0 aliphatic rings. The van der Waals surface area contributed by atoms with Crippen molar-refractivity contribution < 1.29 is 10.4 Å². The summed E-state index contributed by atoms with van der Waals surface area (Å²) in [6.45, 7) is 0. The van der Waals surface area contributed by atoms with Crippen molar-refractivity contribution in [2.75, 3.05) is 0 Å². The SMILES string of the molecule is O=NO.O=NO.[Te]. The van der Waals surface area contributed by atoms with E-state index in [1.165, 1.54) is 10.7 Å². The van der Waals surface area contributed by atoms with Crippen LogP contribution in [0.15, 0.2) is 10.7 Å². The van der Waals surface area contributed by atoms with Gasteiger partial charge in [-0.2, -0.15) is 0 Å². The topological polar surface area (TPSA) is 99.3 Å². The van der Waals surface area contributed by atoms with Crippen molar-refractivity contribution in [3.63, 3.8) is 0 Å². The van der Waals surface area contributed by atoms with E-state index in [-0.39, 0.29) is 23.7 Å². The first-order valence-corrected chi connectivity index (χ1v) is 0.765. The van der Waals surface area contributed by atoms with Crippen LogP contribution in [0.25, 0.3) is 0 Å². The molecule has 0 bridgehead atoms. The average molecular weight is 222 g/mol. The van der Waals surface area contributed by atoms with Gasteiger partial charge in [0.15, 0.2) is 10.7 Å². The second-order valence-corrected chi connectivity index (χ2v) is 0.163. The Morgan fingerprint density at radius 3 is 1.00 bits per heavy atom. The number of hydrogen-bond acceptors (Lipinski definition) is 4. The summed E-state index contributed by atoms with van der Waals surface area (Å²) in [7, 11) is 0. The van der Waals surface area contributed by atoms with Gasteiger partial charge in [-0.25, -0.2) is 0 Å². The van der Waals surface area contributed by atoms with E-state index >= 15 is 0 Å². The molecule has 0 aromatic rings. The maximum absolute atomic E-state index is 8.11. The molecule has 6 nitrogen and oxygen atoms in total. The van der Waals surface area contributed by atoms with E-state index in [2.05, 4.69) is 0 Å². The summed E-state index contributed by atoms with van der Waals surface area (Å²) in [5, 5.41) is 15.8. The van der Waals surface area contributed by atoms with Gasteiger partial charge in [-0.05, 0) is 0 Å². The van der Waals surface area contributed by atoms with Crippen molar-refractivity contribution in [3.05, 3.63) is 9.81 Å². The molecule has 0 aromatic heterocycles. The van der Waals surface area contributed by atoms with Crippen molar-refractivity contribution in [1.82, 2.24) is 0 Å². The van der Waals surface area contributed by atoms with Crippen molar-refractivity contribution in [1.29, 1.82) is 0 Å². The van der Waals surface area contributed by atoms with Crippen LogP contribution in [0.2, 0.25) is 0 Å². The minimum absolute atomic E-state index is 0. The van der Waals surface area contributed by atoms with Gasteiger partial charge < -0.3 is 10.4 Å². The number of hydrogen-bond donors (Lipinski definition) is 2. The van der Waals surface area contributed by atoms with Gasteiger partial charge in [-0.3, -0.25) is 0 Å². The van der Waals surface area contributed by atoms with Crippen LogP contribution in [-0.4, -0.2) is 34.1 Å². The Hall–Kier alpha value is -0.410. The summed E-state index contributed by atoms with van der Waals surface area (Å²) in [4.78, 5) is 16.2. The van der Waals surface area contributed by atoms with Crippen LogP contribution >= 0.6 is 0 Å². The molecule has 42 valence electrons. The minimum atomic E-state index is 0. The van der Waals surface area contributed by atoms with E-state index in [4.69, 9.17) is 20.2 Å². The number of rotatable bonds is 0. The largest absolute Gasteiger partial charge is 0.379 e. The zero-order valence-corrected chi connectivity index (χ0v) is 5.34. The zero-order chi connectivity index (χ0) is 5.41. The maximum Gasteiger partial charge on any atom is 0.152 e. The second kappa shape index (κ2) is 46.6. The van der Waals surface area contributed by atoms with Crippen LogP contribution in [0.5, 0.6) is 0 Å². The Morgan fingerprint density at radius 2 is 1.00 bits per heavy atom. The molecule has 7 heavy (non-hydrogen) atoms. The summed E-state index contributed by atoms with van der Waals surface area (Å²) in [5.41, 5.74) is 0. The maximum atomic E-state index is 8.11. The van der Waals surface area contributed by atoms with Crippen molar-refractivity contribution >= 4 is 23.7 Å². The molecule has 0 aliphatic carbocycles. The van der Waals surface area contributed by atoms with Gasteiger partial charge in [0.2, 0.25) is 0 Å². The van der Waals surface area contributed by atoms with Gasteiger partial charge >= 0.3 is 0 Å². The van der Waals surface area contributed by atoms with Crippen LogP contribution in [0.1, 0.15) is 0 Å². The van der Waals surface area contributed by atoms with E-state index in [0.717, 1.165) is 0 Å². The van der Waals surface area contributed by atoms with E-state index in [1.807, 2.05) is 0 Å². The molecule has 0 spiro atoms. The monoisotopic (exact) mass is 224 g/mol. The normalized spacial score (nSPS) is 3.43. The molecule has 0 fully saturated rings. The fourth-order valence-electron chi connectivity index (χ4n) is 0. The van der Waals surface area contributed by atoms with Crippen molar-refractivity contribution in [2.45, 2.75) is 0 Å². The summed E-state index contributed by atoms with van der Waals surface area (Å²) < 4.78 is 0. The van der Waals surface area contributed by atoms with E-state index in [0.29, 0.717) is 0 Å². The molecule has 2 N–H and O–H groups in total. The van der Waals surface area contributed by atoms with Gasteiger partial charge in [-0.15, -0.1) is 9.81 Å². The molecule has 0 rings (SSSR count). The molecule has 0 saturated heterocycles. The molecular weight excluding hydrogens is 220 g/mol. The Balaban J connectivity index is -0.0000000400. The Morgan fingerprint density at radius 1 is 1.00 bits per heavy atom. The van der Waals surface area contributed by atoms with Crippen LogP contribution < -0.4 is 0 Å². The van der Waals surface area contributed by atoms with Crippen LogP contribution in [-0.2, 0) is 0 Å². The third kappa shape index (κ3) is 428. The van der Waals surface area contributed by atoms with E-state index in [1.54, 1.807) is 0 Å². The Kier molecular flexibility index (Phi) is 106. The van der Waals surface area contributed by atoms with Crippen LogP contribution in [0.4, 0.5) is 0 Å². The predicted molar refractivity (Wildman–Crippen MR) is 20.9 cm³/mol. The smallest absolute Gasteiger partial charge is 0.152 e. The van der Waals surface area contributed by atoms with Crippen LogP contribution in [0.3, 0.4) is 0 Å². The van der Waals surface area contributed by atoms with Crippen molar-refractivity contribution in [3.8, 4) is 0 Å². The average Bonchev–Trinajstić information content (AvgIpc) is 1.39. The summed E-state index contributed by atoms with van der Waals surface area (Å²) >= 11 is 0. The molecule has 7 heteroatoms. The molecule has 0 aromatic carbocycles. The molecular formula is H2N2O4Te. The molecule has 2 radical (unpaired) electrons. The van der Waals surface area contributed by atoms with E-state index in [9.17, 15) is 0 Å². The van der Waals surface area contributed by atoms with Gasteiger partial charge in [-0.1, -0.05) is 0 Å². The molecule has 0 saturated carbocycles. The first-order chi connectivity index (χ1) is 2.83. The second-order valence-electron chi connectivity index (χ2n) is 0.163. The number of nitrogens with zero attached hydrogens (tertiary/aromatic N) is 2. The van der Waals surface area contributed by atoms with E-state index < -0.39 is 0 Å². The van der Waals surface area contributed by atoms with Gasteiger partial charge in [0.05, 0.1) is 0 Å². The van der Waals surface area contributed by atoms with Crippen molar-refractivity contribution in [2.24, 2.45) is 10.7 Å². The fourth-order valence-corrected chi connectivity index (χ4v) is 0. The fraction of sp³-hybridized carbons (Fsp3) is 0. The summed E-state index contributed by atoms with van der Waals surface area (Å²) in [5.74, 6) is 0. The summed E-state index contributed by atoms with van der Waals surface area (Å²) in [6, 6.07) is 0. The standard InChI is InChI=1S/2HNO2.Te/c2*2-1-3;/h2*(H,2,3);. The zero-order valence-electron chi connectivity index (χ0n) is 3.01. The minimum Gasteiger partial charge on any atom is -0.379 e. The van der Waals surface area contributed by atoms with Gasteiger partial charge in [0, 0.05) is 23.7 Å². The third-order valence-electron chi connectivity index (χ3n) is 0. The summed E-state index contributed by atoms with van der Waals surface area (Å²) in [6.07, 6.45) is 0. The van der Waals surface area contributed by atoms with Crippen LogP contribution in [0, 0.1) is 9.81 Å². The van der Waals surface area contributed by atoms with Gasteiger partial charge in [0.25, 0.3) is 0 Å². The first kappa shape index (κ1) is 16.0. The molecule has 0 amide bonds.